The van der Waals surface area contributed by atoms with Gasteiger partial charge in [-0.05, 0) is 36.3 Å². The minimum atomic E-state index is -1.15. The number of esters is 1. The lowest BCUT2D eigenvalue weighted by atomic mass is 10.0. The molecule has 0 unspecified atom stereocenters. The summed E-state index contributed by atoms with van der Waals surface area (Å²) in [5, 5.41) is 17.2. The molecular formula is C25H40N4O7S. The topological polar surface area (TPSA) is 177 Å². The van der Waals surface area contributed by atoms with Gasteiger partial charge in [0.25, 0.3) is 0 Å². The number of amides is 3. The standard InChI is InChI=1S/C21H31N3O5S.C4H9NO2/c1-14(2)11-17(23-19(26)16(22-13-25)9-10-30-3)20(27)24-18(21(28)29)12-15-7-5-4-6-8-15;1-7-4(6)2-3-5/h4-8,13-14,16-18H,9-12H2,1-3H3,(H,22,25)(H,23,26)(H,24,27)(H,28,29);2-3,5H2,1H3/t16-,17-,18-;/m0./s1. The molecular weight excluding hydrogens is 500 g/mol. The first-order chi connectivity index (χ1) is 17.6. The molecule has 37 heavy (non-hydrogen) atoms. The number of hydrogen-bond acceptors (Lipinski definition) is 8. The van der Waals surface area contributed by atoms with Gasteiger partial charge in [0.05, 0.1) is 13.5 Å². The van der Waals surface area contributed by atoms with Crippen LogP contribution >= 0.6 is 11.8 Å². The van der Waals surface area contributed by atoms with E-state index in [1.165, 1.54) is 7.11 Å². The Bertz CT molecular complexity index is 840. The van der Waals surface area contributed by atoms with Gasteiger partial charge < -0.3 is 31.5 Å². The van der Waals surface area contributed by atoms with Crippen molar-refractivity contribution in [1.82, 2.24) is 16.0 Å². The summed E-state index contributed by atoms with van der Waals surface area (Å²) in [5.41, 5.74) is 5.78. The summed E-state index contributed by atoms with van der Waals surface area (Å²) in [6, 6.07) is 6.23. The molecule has 1 rings (SSSR count). The molecule has 0 aliphatic heterocycles. The number of aliphatic carboxylic acids is 1. The number of hydrogen-bond donors (Lipinski definition) is 5. The second-order valence-electron chi connectivity index (χ2n) is 8.51. The van der Waals surface area contributed by atoms with E-state index < -0.39 is 35.9 Å². The number of benzene rings is 1. The summed E-state index contributed by atoms with van der Waals surface area (Å²) in [7, 11) is 1.35. The van der Waals surface area contributed by atoms with Gasteiger partial charge in [-0.25, -0.2) is 4.79 Å². The molecule has 3 atom stereocenters. The molecule has 0 aliphatic carbocycles. The fraction of sp³-hybridized carbons (Fsp3) is 0.560. The maximum absolute atomic E-state index is 12.8. The Labute approximate surface area is 222 Å². The molecule has 0 aromatic heterocycles. The second-order valence-corrected chi connectivity index (χ2v) is 9.50. The fourth-order valence-corrected chi connectivity index (χ4v) is 3.60. The molecule has 208 valence electrons. The molecule has 0 bridgehead atoms. The van der Waals surface area contributed by atoms with E-state index in [9.17, 15) is 29.1 Å². The van der Waals surface area contributed by atoms with E-state index >= 15 is 0 Å². The largest absolute Gasteiger partial charge is 0.480 e. The van der Waals surface area contributed by atoms with Crippen molar-refractivity contribution in [2.45, 2.75) is 57.7 Å². The van der Waals surface area contributed by atoms with Crippen LogP contribution in [-0.4, -0.2) is 79.1 Å². The average Bonchev–Trinajstić information content (AvgIpc) is 2.86. The molecule has 12 heteroatoms. The lowest BCUT2D eigenvalue weighted by Crippen LogP contribution is -2.55. The summed E-state index contributed by atoms with van der Waals surface area (Å²) in [6.45, 7) is 4.17. The van der Waals surface area contributed by atoms with Crippen LogP contribution in [0.1, 0.15) is 38.7 Å². The zero-order valence-corrected chi connectivity index (χ0v) is 22.7. The van der Waals surface area contributed by atoms with Crippen molar-refractivity contribution in [3.05, 3.63) is 35.9 Å². The quantitative estimate of drug-likeness (QED) is 0.149. The highest BCUT2D eigenvalue weighted by atomic mass is 32.2. The van der Waals surface area contributed by atoms with E-state index in [1.807, 2.05) is 26.2 Å². The highest BCUT2D eigenvalue weighted by Gasteiger charge is 2.29. The van der Waals surface area contributed by atoms with E-state index in [0.29, 0.717) is 38.0 Å². The van der Waals surface area contributed by atoms with Crippen molar-refractivity contribution in [3.8, 4) is 0 Å². The van der Waals surface area contributed by atoms with Crippen molar-refractivity contribution in [1.29, 1.82) is 0 Å². The maximum atomic E-state index is 12.8. The Hall–Kier alpha value is -3.12. The highest BCUT2D eigenvalue weighted by molar-refractivity contribution is 7.98. The minimum absolute atomic E-state index is 0.0853. The van der Waals surface area contributed by atoms with Gasteiger partial charge in [-0.15, -0.1) is 0 Å². The van der Waals surface area contributed by atoms with Crippen molar-refractivity contribution < 1.29 is 33.8 Å². The summed E-state index contributed by atoms with van der Waals surface area (Å²) in [5.74, 6) is -1.67. The summed E-state index contributed by atoms with van der Waals surface area (Å²) in [6.07, 6.45) is 3.56. The maximum Gasteiger partial charge on any atom is 0.326 e. The normalized spacial score (nSPS) is 12.7. The molecule has 6 N–H and O–H groups in total. The summed E-state index contributed by atoms with van der Waals surface area (Å²) < 4.78 is 4.27. The minimum Gasteiger partial charge on any atom is -0.480 e. The van der Waals surface area contributed by atoms with Crippen LogP contribution in [0.4, 0.5) is 0 Å². The van der Waals surface area contributed by atoms with Crippen molar-refractivity contribution in [2.75, 3.05) is 25.7 Å². The smallest absolute Gasteiger partial charge is 0.326 e. The van der Waals surface area contributed by atoms with E-state index in [1.54, 1.807) is 36.0 Å². The van der Waals surface area contributed by atoms with Gasteiger partial charge in [0, 0.05) is 13.0 Å². The van der Waals surface area contributed by atoms with Crippen LogP contribution in [0, 0.1) is 5.92 Å². The molecule has 0 fully saturated rings. The lowest BCUT2D eigenvalue weighted by molar-refractivity contribution is -0.142. The summed E-state index contributed by atoms with van der Waals surface area (Å²) >= 11 is 1.54. The number of rotatable bonds is 16. The molecule has 0 spiro atoms. The highest BCUT2D eigenvalue weighted by Crippen LogP contribution is 2.09. The van der Waals surface area contributed by atoms with Gasteiger partial charge in [-0.3, -0.25) is 19.2 Å². The van der Waals surface area contributed by atoms with Crippen LogP contribution in [0.2, 0.25) is 0 Å². The number of carboxylic acids is 1. The van der Waals surface area contributed by atoms with E-state index in [0.717, 1.165) is 5.56 Å². The monoisotopic (exact) mass is 540 g/mol. The van der Waals surface area contributed by atoms with Crippen LogP contribution in [0.5, 0.6) is 0 Å². The zero-order valence-electron chi connectivity index (χ0n) is 21.9. The van der Waals surface area contributed by atoms with Gasteiger partial charge in [0.2, 0.25) is 18.2 Å². The SMILES string of the molecule is COC(=O)CCN.CSCC[C@H](NC=O)C(=O)N[C@@H](CC(C)C)C(=O)N[C@@H](Cc1ccccc1)C(=O)O. The third kappa shape index (κ3) is 15.6. The summed E-state index contributed by atoms with van der Waals surface area (Å²) in [4.78, 5) is 58.0. The molecule has 1 aromatic carbocycles. The number of carboxylic acid groups (broad SMARTS) is 1. The van der Waals surface area contributed by atoms with Crippen molar-refractivity contribution in [3.63, 3.8) is 0 Å². The van der Waals surface area contributed by atoms with Crippen molar-refractivity contribution in [2.24, 2.45) is 11.7 Å². The van der Waals surface area contributed by atoms with E-state index in [-0.39, 0.29) is 18.3 Å². The second kappa shape index (κ2) is 20.0. The van der Waals surface area contributed by atoms with Gasteiger partial charge >= 0.3 is 11.9 Å². The number of thioether (sulfide) groups is 1. The predicted octanol–water partition coefficient (Wildman–Crippen LogP) is 0.705. The van der Waals surface area contributed by atoms with Crippen LogP contribution in [0.15, 0.2) is 30.3 Å². The molecule has 0 saturated carbocycles. The van der Waals surface area contributed by atoms with E-state index in [2.05, 4.69) is 20.7 Å². The fourth-order valence-electron chi connectivity index (χ4n) is 3.13. The zero-order chi connectivity index (χ0) is 28.2. The third-order valence-electron chi connectivity index (χ3n) is 5.01. The Morgan fingerprint density at radius 3 is 2.11 bits per heavy atom. The number of nitrogens with two attached hydrogens (primary N) is 1. The first-order valence-electron chi connectivity index (χ1n) is 11.9. The number of methoxy groups -OCH3 is 1. The van der Waals surface area contributed by atoms with Gasteiger partial charge in [-0.1, -0.05) is 44.2 Å². The van der Waals surface area contributed by atoms with Gasteiger partial charge in [0.1, 0.15) is 18.1 Å². The number of carbonyl (C=O) groups is 5. The van der Waals surface area contributed by atoms with Crippen molar-refractivity contribution >= 4 is 41.9 Å². The Morgan fingerprint density at radius 1 is 1.05 bits per heavy atom. The number of ether oxygens (including phenoxy) is 1. The van der Waals surface area contributed by atoms with Crippen LogP contribution in [0.3, 0.4) is 0 Å². The molecule has 1 aromatic rings. The number of nitrogens with one attached hydrogen (secondary N) is 3. The van der Waals surface area contributed by atoms with E-state index in [4.69, 9.17) is 5.73 Å². The Kier molecular flexibility index (Phi) is 18.3. The van der Waals surface area contributed by atoms with Gasteiger partial charge in [-0.2, -0.15) is 11.8 Å². The molecule has 0 heterocycles. The number of carbonyl (C=O) groups excluding carboxylic acids is 4. The molecule has 0 aliphatic rings. The predicted molar refractivity (Wildman–Crippen MR) is 143 cm³/mol. The Balaban J connectivity index is 0.00000161. The first kappa shape index (κ1) is 33.9. The Morgan fingerprint density at radius 2 is 1.65 bits per heavy atom. The lowest BCUT2D eigenvalue weighted by Gasteiger charge is -2.25. The van der Waals surface area contributed by atoms with Gasteiger partial charge in [0.15, 0.2) is 0 Å². The van der Waals surface area contributed by atoms with Crippen LogP contribution < -0.4 is 21.7 Å². The third-order valence-corrected chi connectivity index (χ3v) is 5.65. The molecule has 11 nitrogen and oxygen atoms in total. The average molecular weight is 541 g/mol. The molecule has 0 saturated heterocycles. The van der Waals surface area contributed by atoms with Crippen LogP contribution in [0.25, 0.3) is 0 Å². The molecule has 0 radical (unpaired) electrons. The first-order valence-corrected chi connectivity index (χ1v) is 13.3. The molecule has 3 amide bonds. The van der Waals surface area contributed by atoms with Crippen LogP contribution in [-0.2, 0) is 35.1 Å².